The van der Waals surface area contributed by atoms with Crippen LogP contribution in [-0.4, -0.2) is 20.0 Å². The number of aromatic nitrogens is 1. The molecule has 0 amide bonds. The van der Waals surface area contributed by atoms with Gasteiger partial charge in [-0.2, -0.15) is 0 Å². The average Bonchev–Trinajstić information content (AvgIpc) is 2.86. The lowest BCUT2D eigenvalue weighted by Gasteiger charge is -2.19. The molecule has 3 aromatic carbocycles. The highest BCUT2D eigenvalue weighted by Gasteiger charge is 2.29. The van der Waals surface area contributed by atoms with E-state index in [0.717, 1.165) is 22.4 Å². The van der Waals surface area contributed by atoms with Gasteiger partial charge in [0.2, 0.25) is 0 Å². The van der Waals surface area contributed by atoms with Gasteiger partial charge in [-0.05, 0) is 60.0 Å². The summed E-state index contributed by atoms with van der Waals surface area (Å²) in [5.74, 6) is 0.838. The predicted molar refractivity (Wildman–Crippen MR) is 130 cm³/mol. The van der Waals surface area contributed by atoms with Gasteiger partial charge in [-0.3, -0.25) is 10.3 Å². The maximum Gasteiger partial charge on any atom is 0.200 e. The molecule has 4 rings (SSSR count). The molecule has 33 heavy (non-hydrogen) atoms. The molecule has 1 atom stereocenters. The quantitative estimate of drug-likeness (QED) is 0.363. The number of rotatable bonds is 9. The van der Waals surface area contributed by atoms with Gasteiger partial charge in [-0.15, -0.1) is 0 Å². The maximum absolute atomic E-state index is 13.4. The van der Waals surface area contributed by atoms with E-state index in [2.05, 4.69) is 10.3 Å². The van der Waals surface area contributed by atoms with Crippen molar-refractivity contribution >= 4 is 9.84 Å². The Morgan fingerprint density at radius 1 is 0.848 bits per heavy atom. The van der Waals surface area contributed by atoms with Gasteiger partial charge in [-0.1, -0.05) is 60.7 Å². The molecule has 5 nitrogen and oxygen atoms in total. The SMILES string of the molecule is CCOc1cccc(-c2ccc(CNC(c3ccccn3)S(=O)(=O)c3ccccc3)cc2)c1. The third-order valence-electron chi connectivity index (χ3n) is 5.26. The van der Waals surface area contributed by atoms with Gasteiger partial charge in [0.25, 0.3) is 0 Å². The number of hydrogen-bond acceptors (Lipinski definition) is 5. The van der Waals surface area contributed by atoms with Crippen molar-refractivity contribution in [2.75, 3.05) is 6.61 Å². The van der Waals surface area contributed by atoms with Crippen LogP contribution in [0.1, 0.15) is 23.6 Å². The fourth-order valence-corrected chi connectivity index (χ4v) is 5.18. The molecule has 0 aliphatic rings. The van der Waals surface area contributed by atoms with Crippen LogP contribution in [0.15, 0.2) is 108 Å². The largest absolute Gasteiger partial charge is 0.494 e. The molecule has 0 aliphatic heterocycles. The minimum Gasteiger partial charge on any atom is -0.494 e. The molecule has 168 valence electrons. The molecule has 1 heterocycles. The van der Waals surface area contributed by atoms with E-state index in [1.165, 1.54) is 0 Å². The second-order valence-electron chi connectivity index (χ2n) is 7.53. The van der Waals surface area contributed by atoms with Crippen molar-refractivity contribution in [3.05, 3.63) is 115 Å². The van der Waals surface area contributed by atoms with Crippen LogP contribution in [0.2, 0.25) is 0 Å². The van der Waals surface area contributed by atoms with Crippen LogP contribution >= 0.6 is 0 Å². The summed E-state index contributed by atoms with van der Waals surface area (Å²) in [5.41, 5.74) is 3.58. The first-order chi connectivity index (χ1) is 16.1. The fourth-order valence-electron chi connectivity index (χ4n) is 3.61. The number of ether oxygens (including phenoxy) is 1. The first kappa shape index (κ1) is 22.7. The highest BCUT2D eigenvalue weighted by atomic mass is 32.2. The lowest BCUT2D eigenvalue weighted by atomic mass is 10.0. The van der Waals surface area contributed by atoms with Gasteiger partial charge < -0.3 is 4.74 Å². The monoisotopic (exact) mass is 458 g/mol. The third-order valence-corrected chi connectivity index (χ3v) is 7.22. The summed E-state index contributed by atoms with van der Waals surface area (Å²) in [4.78, 5) is 4.57. The second-order valence-corrected chi connectivity index (χ2v) is 9.56. The van der Waals surface area contributed by atoms with E-state index in [0.29, 0.717) is 18.8 Å². The Morgan fingerprint density at radius 2 is 1.61 bits per heavy atom. The summed E-state index contributed by atoms with van der Waals surface area (Å²) in [6.45, 7) is 2.97. The zero-order valence-corrected chi connectivity index (χ0v) is 19.2. The Hall–Kier alpha value is -3.48. The molecule has 0 radical (unpaired) electrons. The molecule has 1 unspecified atom stereocenters. The van der Waals surface area contributed by atoms with E-state index in [1.807, 2.05) is 55.5 Å². The highest BCUT2D eigenvalue weighted by molar-refractivity contribution is 7.91. The topological polar surface area (TPSA) is 68.3 Å². The molecule has 1 N–H and O–H groups in total. The van der Waals surface area contributed by atoms with Crippen LogP contribution in [0.5, 0.6) is 5.75 Å². The molecule has 0 bridgehead atoms. The zero-order valence-electron chi connectivity index (χ0n) is 18.4. The van der Waals surface area contributed by atoms with Crippen LogP contribution in [0, 0.1) is 0 Å². The lowest BCUT2D eigenvalue weighted by Crippen LogP contribution is -2.29. The first-order valence-electron chi connectivity index (χ1n) is 10.8. The summed E-state index contributed by atoms with van der Waals surface area (Å²) in [5, 5.41) is 2.25. The number of hydrogen-bond donors (Lipinski definition) is 1. The van der Waals surface area contributed by atoms with Gasteiger partial charge in [-0.25, -0.2) is 8.42 Å². The summed E-state index contributed by atoms with van der Waals surface area (Å²) >= 11 is 0. The standard InChI is InChI=1S/C27H26N2O3S/c1-2-32-24-10-8-9-23(19-24)22-16-14-21(15-17-22)20-29-27(26-13-6-7-18-28-26)33(30,31)25-11-4-3-5-12-25/h3-19,27,29H,2,20H2,1H3. The van der Waals surface area contributed by atoms with Crippen LogP contribution in [0.4, 0.5) is 0 Å². The average molecular weight is 459 g/mol. The first-order valence-corrected chi connectivity index (χ1v) is 12.4. The van der Waals surface area contributed by atoms with Crippen LogP contribution in [0.3, 0.4) is 0 Å². The smallest absolute Gasteiger partial charge is 0.200 e. The van der Waals surface area contributed by atoms with E-state index in [-0.39, 0.29) is 4.90 Å². The number of pyridine rings is 1. The molecule has 0 spiro atoms. The summed E-state index contributed by atoms with van der Waals surface area (Å²) < 4.78 is 32.3. The minimum absolute atomic E-state index is 0.262. The van der Waals surface area contributed by atoms with Crippen LogP contribution < -0.4 is 10.1 Å². The molecule has 1 aromatic heterocycles. The van der Waals surface area contributed by atoms with E-state index in [1.54, 1.807) is 54.7 Å². The Kier molecular flexibility index (Phi) is 7.17. The van der Waals surface area contributed by atoms with E-state index in [9.17, 15) is 8.42 Å². The van der Waals surface area contributed by atoms with Gasteiger partial charge in [0.1, 0.15) is 5.75 Å². The molecule has 6 heteroatoms. The van der Waals surface area contributed by atoms with Crippen molar-refractivity contribution in [3.8, 4) is 16.9 Å². The number of nitrogens with zero attached hydrogens (tertiary/aromatic N) is 1. The van der Waals surface area contributed by atoms with Crippen molar-refractivity contribution in [1.82, 2.24) is 10.3 Å². The Labute approximate surface area is 195 Å². The van der Waals surface area contributed by atoms with Crippen molar-refractivity contribution in [2.45, 2.75) is 23.7 Å². The molecule has 4 aromatic rings. The van der Waals surface area contributed by atoms with Crippen LogP contribution in [-0.2, 0) is 16.4 Å². The Balaban J connectivity index is 1.54. The Morgan fingerprint density at radius 3 is 2.30 bits per heavy atom. The van der Waals surface area contributed by atoms with Crippen molar-refractivity contribution in [3.63, 3.8) is 0 Å². The van der Waals surface area contributed by atoms with E-state index in [4.69, 9.17) is 4.74 Å². The minimum atomic E-state index is -3.67. The molecule has 0 fully saturated rings. The van der Waals surface area contributed by atoms with Gasteiger partial charge in [0.05, 0.1) is 17.2 Å². The summed E-state index contributed by atoms with van der Waals surface area (Å²) in [7, 11) is -3.67. The molecular formula is C27H26N2O3S. The maximum atomic E-state index is 13.4. The Bertz CT molecular complexity index is 1280. The summed E-state index contributed by atoms with van der Waals surface area (Å²) in [6.07, 6.45) is 1.61. The normalized spacial score (nSPS) is 12.3. The van der Waals surface area contributed by atoms with E-state index < -0.39 is 15.2 Å². The van der Waals surface area contributed by atoms with Gasteiger partial charge in [0, 0.05) is 12.7 Å². The molecule has 0 aliphatic carbocycles. The molecular weight excluding hydrogens is 432 g/mol. The third kappa shape index (κ3) is 5.48. The number of nitrogens with one attached hydrogen (secondary N) is 1. The predicted octanol–water partition coefficient (Wildman–Crippen LogP) is 5.41. The zero-order chi connectivity index (χ0) is 23.1. The molecule has 0 saturated carbocycles. The highest BCUT2D eigenvalue weighted by Crippen LogP contribution is 2.27. The fraction of sp³-hybridized carbons (Fsp3) is 0.148. The number of benzene rings is 3. The summed E-state index contributed by atoms with van der Waals surface area (Å²) in [6, 6.07) is 29.8. The number of sulfone groups is 1. The van der Waals surface area contributed by atoms with Gasteiger partial charge >= 0.3 is 0 Å². The van der Waals surface area contributed by atoms with Crippen molar-refractivity contribution < 1.29 is 13.2 Å². The van der Waals surface area contributed by atoms with Crippen molar-refractivity contribution in [2.24, 2.45) is 0 Å². The van der Waals surface area contributed by atoms with Gasteiger partial charge in [0.15, 0.2) is 15.2 Å². The van der Waals surface area contributed by atoms with E-state index >= 15 is 0 Å². The van der Waals surface area contributed by atoms with Crippen LogP contribution in [0.25, 0.3) is 11.1 Å². The molecule has 0 saturated heterocycles. The van der Waals surface area contributed by atoms with Crippen molar-refractivity contribution in [1.29, 1.82) is 0 Å². The lowest BCUT2D eigenvalue weighted by molar-refractivity contribution is 0.340. The second kappa shape index (κ2) is 10.4.